The molecule has 0 rings (SSSR count). The Balaban J connectivity index is 4.11. The smallest absolute Gasteiger partial charge is 0.314 e. The maximum atomic E-state index is 11.2. The Hall–Kier alpha value is -1.32. The fourth-order valence-corrected chi connectivity index (χ4v) is 0.780. The first kappa shape index (κ1) is 12.7. The molecule has 0 aromatic carbocycles. The minimum absolute atomic E-state index is 0.204. The van der Waals surface area contributed by atoms with Crippen molar-refractivity contribution in [1.29, 1.82) is 0 Å². The summed E-state index contributed by atoms with van der Waals surface area (Å²) in [6.07, 6.45) is 1.58. The second-order valence-corrected chi connectivity index (χ2v) is 3.45. The lowest BCUT2D eigenvalue weighted by molar-refractivity contribution is -0.153. The normalized spacial score (nSPS) is 11.4. The Kier molecular flexibility index (Phi) is 4.91. The van der Waals surface area contributed by atoms with Gasteiger partial charge in [-0.2, -0.15) is 0 Å². The van der Waals surface area contributed by atoms with E-state index < -0.39 is 5.41 Å². The van der Waals surface area contributed by atoms with Gasteiger partial charge in [0, 0.05) is 6.21 Å². The van der Waals surface area contributed by atoms with Crippen LogP contribution in [0.5, 0.6) is 0 Å². The van der Waals surface area contributed by atoms with E-state index in [0.29, 0.717) is 5.88 Å². The highest BCUT2D eigenvalue weighted by atomic mass is 16.5. The van der Waals surface area contributed by atoms with Crippen LogP contribution in [0.2, 0.25) is 0 Å². The molecule has 0 atom stereocenters. The van der Waals surface area contributed by atoms with E-state index in [4.69, 9.17) is 4.74 Å². The van der Waals surface area contributed by atoms with Gasteiger partial charge in [-0.25, -0.2) is 4.99 Å². The van der Waals surface area contributed by atoms with E-state index in [-0.39, 0.29) is 12.6 Å². The molecule has 0 heterocycles. The molecule has 0 fully saturated rings. The predicted octanol–water partition coefficient (Wildman–Crippen LogP) is 1.76. The summed E-state index contributed by atoms with van der Waals surface area (Å²) in [5.74, 6) is -0.0183. The summed E-state index contributed by atoms with van der Waals surface area (Å²) in [5, 5.41) is 0. The van der Waals surface area contributed by atoms with E-state index in [9.17, 15) is 4.79 Å². The number of methoxy groups -OCH3 is 1. The van der Waals surface area contributed by atoms with Crippen LogP contribution < -0.4 is 0 Å². The Labute approximate surface area is 84.6 Å². The van der Waals surface area contributed by atoms with Gasteiger partial charge in [0.25, 0.3) is 0 Å². The molecule has 0 amide bonds. The zero-order valence-electron chi connectivity index (χ0n) is 9.16. The maximum absolute atomic E-state index is 11.2. The second kappa shape index (κ2) is 5.42. The quantitative estimate of drug-likeness (QED) is 0.385. The lowest BCUT2D eigenvalue weighted by atomic mass is 9.95. The van der Waals surface area contributed by atoms with Crippen molar-refractivity contribution in [3.8, 4) is 0 Å². The molecule has 0 aliphatic heterocycles. The van der Waals surface area contributed by atoms with Crippen molar-refractivity contribution in [3.63, 3.8) is 0 Å². The van der Waals surface area contributed by atoms with Crippen LogP contribution in [0.25, 0.3) is 0 Å². The molecule has 0 saturated carbocycles. The van der Waals surface area contributed by atoms with Gasteiger partial charge in [-0.3, -0.25) is 4.79 Å². The molecule has 0 radical (unpaired) electrons. The molecular formula is C10H17NO3. The molecule has 0 bridgehead atoms. The van der Waals surface area contributed by atoms with E-state index in [1.165, 1.54) is 7.11 Å². The summed E-state index contributed by atoms with van der Waals surface area (Å²) in [4.78, 5) is 15.1. The van der Waals surface area contributed by atoms with E-state index in [1.807, 2.05) is 0 Å². The lowest BCUT2D eigenvalue weighted by Crippen LogP contribution is -2.30. The molecule has 0 aliphatic carbocycles. The lowest BCUT2D eigenvalue weighted by Gasteiger charge is -2.21. The summed E-state index contributed by atoms with van der Waals surface area (Å²) >= 11 is 0. The number of nitrogens with zero attached hydrogens (tertiary/aromatic N) is 1. The first-order valence-corrected chi connectivity index (χ1v) is 4.33. The van der Waals surface area contributed by atoms with Crippen molar-refractivity contribution in [3.05, 3.63) is 12.5 Å². The largest absolute Gasteiger partial charge is 0.477 e. The van der Waals surface area contributed by atoms with Crippen molar-refractivity contribution in [2.45, 2.75) is 20.8 Å². The second-order valence-electron chi connectivity index (χ2n) is 3.45. The van der Waals surface area contributed by atoms with E-state index >= 15 is 0 Å². The molecule has 14 heavy (non-hydrogen) atoms. The van der Waals surface area contributed by atoms with E-state index in [1.54, 1.807) is 27.0 Å². The zero-order chi connectivity index (χ0) is 11.2. The molecule has 0 aromatic heterocycles. The average Bonchev–Trinajstić information content (AvgIpc) is 2.14. The van der Waals surface area contributed by atoms with Gasteiger partial charge < -0.3 is 9.47 Å². The molecule has 0 saturated heterocycles. The number of carbonyl (C=O) groups excluding carboxylic acids is 1. The molecule has 0 spiro atoms. The van der Waals surface area contributed by atoms with Gasteiger partial charge in [0.1, 0.15) is 6.61 Å². The Morgan fingerprint density at radius 1 is 1.57 bits per heavy atom. The third kappa shape index (κ3) is 4.07. The third-order valence-corrected chi connectivity index (χ3v) is 1.61. The standard InChI is InChI=1S/C10H17NO3/c1-6-11-8(2)14-7-10(3,4)9(12)13-5/h6H,2,7H2,1,3-5H3/b11-6-. The van der Waals surface area contributed by atoms with Crippen molar-refractivity contribution in [2.75, 3.05) is 13.7 Å². The highest BCUT2D eigenvalue weighted by Crippen LogP contribution is 2.18. The summed E-state index contributed by atoms with van der Waals surface area (Å²) in [5.41, 5.74) is -0.680. The number of rotatable bonds is 5. The molecule has 0 unspecified atom stereocenters. The SMILES string of the molecule is C=C(/N=C\C)OCC(C)(C)C(=O)OC. The maximum Gasteiger partial charge on any atom is 0.314 e. The van der Waals surface area contributed by atoms with Crippen molar-refractivity contribution in [2.24, 2.45) is 10.4 Å². The first-order valence-electron chi connectivity index (χ1n) is 4.33. The average molecular weight is 199 g/mol. The van der Waals surface area contributed by atoms with Crippen molar-refractivity contribution < 1.29 is 14.3 Å². The monoisotopic (exact) mass is 199 g/mol. The van der Waals surface area contributed by atoms with Crippen LogP contribution >= 0.6 is 0 Å². The third-order valence-electron chi connectivity index (χ3n) is 1.61. The topological polar surface area (TPSA) is 47.9 Å². The molecule has 0 aromatic rings. The molecule has 4 heteroatoms. The van der Waals surface area contributed by atoms with Gasteiger partial charge >= 0.3 is 5.97 Å². The fraction of sp³-hybridized carbons (Fsp3) is 0.600. The molecule has 0 aliphatic rings. The Bertz CT molecular complexity index is 244. The number of carbonyl (C=O) groups is 1. The summed E-state index contributed by atoms with van der Waals surface area (Å²) in [7, 11) is 1.35. The number of hydrogen-bond acceptors (Lipinski definition) is 4. The number of esters is 1. The van der Waals surface area contributed by atoms with E-state index in [0.717, 1.165) is 0 Å². The van der Waals surface area contributed by atoms with Crippen LogP contribution in [0.4, 0.5) is 0 Å². The minimum atomic E-state index is -0.680. The van der Waals surface area contributed by atoms with Crippen LogP contribution in [0.1, 0.15) is 20.8 Å². The summed E-state index contributed by atoms with van der Waals surface area (Å²) < 4.78 is 9.80. The van der Waals surface area contributed by atoms with Crippen LogP contribution in [-0.4, -0.2) is 25.9 Å². The first-order chi connectivity index (χ1) is 6.44. The predicted molar refractivity (Wildman–Crippen MR) is 55.1 cm³/mol. The molecule has 4 nitrogen and oxygen atoms in total. The van der Waals surface area contributed by atoms with Gasteiger partial charge in [0.15, 0.2) is 0 Å². The van der Waals surface area contributed by atoms with Crippen LogP contribution in [-0.2, 0) is 14.3 Å². The summed E-state index contributed by atoms with van der Waals surface area (Å²) in [6.45, 7) is 9.00. The molecule has 80 valence electrons. The van der Waals surface area contributed by atoms with Crippen LogP contribution in [0.15, 0.2) is 17.5 Å². The number of aliphatic imine (C=N–C) groups is 1. The Morgan fingerprint density at radius 2 is 2.14 bits per heavy atom. The minimum Gasteiger partial charge on any atom is -0.477 e. The highest BCUT2D eigenvalue weighted by molar-refractivity contribution is 5.75. The Morgan fingerprint density at radius 3 is 2.57 bits per heavy atom. The van der Waals surface area contributed by atoms with Gasteiger partial charge in [-0.05, 0) is 27.4 Å². The van der Waals surface area contributed by atoms with Gasteiger partial charge in [-0.1, -0.05) is 0 Å². The van der Waals surface area contributed by atoms with Crippen molar-refractivity contribution in [1.82, 2.24) is 0 Å². The van der Waals surface area contributed by atoms with E-state index in [2.05, 4.69) is 16.3 Å². The molecule has 0 N–H and O–H groups in total. The zero-order valence-corrected chi connectivity index (χ0v) is 9.16. The van der Waals surface area contributed by atoms with Gasteiger partial charge in [0.2, 0.25) is 5.88 Å². The molecular weight excluding hydrogens is 182 g/mol. The highest BCUT2D eigenvalue weighted by Gasteiger charge is 2.29. The fourth-order valence-electron chi connectivity index (χ4n) is 0.780. The summed E-state index contributed by atoms with van der Waals surface area (Å²) in [6, 6.07) is 0. The van der Waals surface area contributed by atoms with Crippen molar-refractivity contribution >= 4 is 12.2 Å². The van der Waals surface area contributed by atoms with Gasteiger partial charge in [0.05, 0.1) is 12.5 Å². The number of hydrogen-bond donors (Lipinski definition) is 0. The number of ether oxygens (including phenoxy) is 2. The van der Waals surface area contributed by atoms with Gasteiger partial charge in [-0.15, -0.1) is 0 Å². The van der Waals surface area contributed by atoms with Crippen LogP contribution in [0, 0.1) is 5.41 Å². The van der Waals surface area contributed by atoms with Crippen LogP contribution in [0.3, 0.4) is 0 Å².